The molecule has 0 bridgehead atoms. The highest BCUT2D eigenvalue weighted by Crippen LogP contribution is 2.27. The Hall–Kier alpha value is -0.540. The van der Waals surface area contributed by atoms with Crippen molar-refractivity contribution < 1.29 is 9.84 Å². The lowest BCUT2D eigenvalue weighted by Gasteiger charge is -2.30. The van der Waals surface area contributed by atoms with Crippen molar-refractivity contribution in [1.82, 2.24) is 4.90 Å². The monoisotopic (exact) mass is 197 g/mol. The second-order valence-corrected chi connectivity index (χ2v) is 4.27. The molecule has 0 saturated carbocycles. The largest absolute Gasteiger partial charge is 0.391 e. The van der Waals surface area contributed by atoms with Crippen LogP contribution in [-0.4, -0.2) is 42.4 Å². The van der Waals surface area contributed by atoms with Gasteiger partial charge in [0, 0.05) is 37.9 Å². The molecule has 2 aliphatic heterocycles. The van der Waals surface area contributed by atoms with Crippen molar-refractivity contribution in [3.8, 4) is 0 Å². The Balaban J connectivity index is 1.87. The first-order valence-electron chi connectivity index (χ1n) is 5.47. The van der Waals surface area contributed by atoms with Crippen LogP contribution in [0.2, 0.25) is 0 Å². The van der Waals surface area contributed by atoms with Gasteiger partial charge in [-0.05, 0) is 19.3 Å². The Morgan fingerprint density at radius 1 is 1.29 bits per heavy atom. The van der Waals surface area contributed by atoms with Crippen LogP contribution in [0.4, 0.5) is 0 Å². The minimum Gasteiger partial charge on any atom is -0.391 e. The number of allylic oxidation sites excluding steroid dienone is 1. The Morgan fingerprint density at radius 2 is 2.00 bits per heavy atom. The second-order valence-electron chi connectivity index (χ2n) is 4.27. The lowest BCUT2D eigenvalue weighted by Crippen LogP contribution is -2.28. The van der Waals surface area contributed by atoms with Crippen molar-refractivity contribution in [3.05, 3.63) is 12.3 Å². The molecule has 1 N–H and O–H groups in total. The summed E-state index contributed by atoms with van der Waals surface area (Å²) in [6.07, 6.45) is 2.92. The number of hydrogen-bond acceptors (Lipinski definition) is 3. The summed E-state index contributed by atoms with van der Waals surface area (Å²) in [5.74, 6) is 0.578. The van der Waals surface area contributed by atoms with Crippen molar-refractivity contribution >= 4 is 0 Å². The van der Waals surface area contributed by atoms with Crippen LogP contribution in [0.1, 0.15) is 19.3 Å². The van der Waals surface area contributed by atoms with Gasteiger partial charge in [-0.1, -0.05) is 6.58 Å². The summed E-state index contributed by atoms with van der Waals surface area (Å²) in [5, 5.41) is 9.44. The maximum atomic E-state index is 9.44. The molecule has 0 aromatic heterocycles. The summed E-state index contributed by atoms with van der Waals surface area (Å²) in [6.45, 7) is 7.62. The molecule has 2 saturated heterocycles. The topological polar surface area (TPSA) is 32.7 Å². The molecule has 3 nitrogen and oxygen atoms in total. The van der Waals surface area contributed by atoms with Crippen molar-refractivity contribution in [3.63, 3.8) is 0 Å². The van der Waals surface area contributed by atoms with Crippen LogP contribution in [0.25, 0.3) is 0 Å². The first kappa shape index (κ1) is 9.99. The van der Waals surface area contributed by atoms with Gasteiger partial charge in [-0.15, -0.1) is 0 Å². The normalized spacial score (nSPS) is 29.5. The standard InChI is InChI=1S/C11H19NO2/c1-9(10-3-6-14-7-4-10)12-5-2-11(13)8-12/h10-11,13H,1-8H2/t11-/m0/s1. The van der Waals surface area contributed by atoms with Crippen molar-refractivity contribution in [1.29, 1.82) is 0 Å². The zero-order valence-electron chi connectivity index (χ0n) is 8.61. The fourth-order valence-corrected chi connectivity index (χ4v) is 2.29. The van der Waals surface area contributed by atoms with E-state index in [1.807, 2.05) is 0 Å². The molecule has 0 spiro atoms. The first-order valence-corrected chi connectivity index (χ1v) is 5.47. The van der Waals surface area contributed by atoms with E-state index in [-0.39, 0.29) is 6.10 Å². The molecular weight excluding hydrogens is 178 g/mol. The third-order valence-corrected chi connectivity index (χ3v) is 3.26. The van der Waals surface area contributed by atoms with Gasteiger partial charge in [-0.2, -0.15) is 0 Å². The van der Waals surface area contributed by atoms with Crippen LogP contribution in [0.5, 0.6) is 0 Å². The van der Waals surface area contributed by atoms with Gasteiger partial charge >= 0.3 is 0 Å². The van der Waals surface area contributed by atoms with Crippen LogP contribution in [0.15, 0.2) is 12.3 Å². The average molecular weight is 197 g/mol. The summed E-state index contributed by atoms with van der Waals surface area (Å²) in [6, 6.07) is 0. The zero-order valence-corrected chi connectivity index (χ0v) is 8.61. The number of β-amino-alcohol motifs (C(OH)–C–C–N with tert-alkyl or cyclic N) is 1. The fraction of sp³-hybridized carbons (Fsp3) is 0.818. The third kappa shape index (κ3) is 2.10. The molecule has 0 unspecified atom stereocenters. The molecule has 1 atom stereocenters. The second kappa shape index (κ2) is 4.32. The highest BCUT2D eigenvalue weighted by molar-refractivity contribution is 5.03. The molecule has 0 amide bonds. The number of aliphatic hydroxyl groups is 1. The summed E-state index contributed by atoms with van der Waals surface area (Å²) in [4.78, 5) is 2.24. The molecule has 2 heterocycles. The van der Waals surface area contributed by atoms with E-state index < -0.39 is 0 Å². The van der Waals surface area contributed by atoms with Gasteiger partial charge in [-0.3, -0.25) is 0 Å². The van der Waals surface area contributed by atoms with E-state index >= 15 is 0 Å². The number of rotatable bonds is 2. The third-order valence-electron chi connectivity index (χ3n) is 3.26. The van der Waals surface area contributed by atoms with E-state index in [4.69, 9.17) is 4.74 Å². The lowest BCUT2D eigenvalue weighted by atomic mass is 9.96. The minimum absolute atomic E-state index is 0.147. The number of hydrogen-bond donors (Lipinski definition) is 1. The van der Waals surface area contributed by atoms with Crippen LogP contribution in [0, 0.1) is 5.92 Å². The summed E-state index contributed by atoms with van der Waals surface area (Å²) in [7, 11) is 0. The first-order chi connectivity index (χ1) is 6.77. The van der Waals surface area contributed by atoms with E-state index in [1.54, 1.807) is 0 Å². The predicted molar refractivity (Wildman–Crippen MR) is 54.9 cm³/mol. The Bertz CT molecular complexity index is 205. The Kier molecular flexibility index (Phi) is 3.08. The molecule has 0 radical (unpaired) electrons. The summed E-state index contributed by atoms with van der Waals surface area (Å²) < 4.78 is 5.32. The number of likely N-dealkylation sites (tertiary alicyclic amines) is 1. The predicted octanol–water partition coefficient (Wildman–Crippen LogP) is 0.993. The molecule has 2 aliphatic rings. The smallest absolute Gasteiger partial charge is 0.0731 e. The molecular formula is C11H19NO2. The number of aliphatic hydroxyl groups excluding tert-OH is 1. The van der Waals surface area contributed by atoms with Gasteiger partial charge in [0.25, 0.3) is 0 Å². The van der Waals surface area contributed by atoms with E-state index in [1.165, 1.54) is 5.70 Å². The molecule has 2 fully saturated rings. The average Bonchev–Trinajstić information content (AvgIpc) is 2.65. The fourth-order valence-electron chi connectivity index (χ4n) is 2.29. The lowest BCUT2D eigenvalue weighted by molar-refractivity contribution is 0.0679. The Labute approximate surface area is 85.4 Å². The van der Waals surface area contributed by atoms with Crippen LogP contribution in [0.3, 0.4) is 0 Å². The quantitative estimate of drug-likeness (QED) is 0.716. The maximum Gasteiger partial charge on any atom is 0.0731 e. The van der Waals surface area contributed by atoms with E-state index in [9.17, 15) is 5.11 Å². The summed E-state index contributed by atoms with van der Waals surface area (Å²) >= 11 is 0. The molecule has 2 rings (SSSR count). The van der Waals surface area contributed by atoms with Crippen molar-refractivity contribution in [2.75, 3.05) is 26.3 Å². The van der Waals surface area contributed by atoms with Gasteiger partial charge in [0.05, 0.1) is 6.10 Å². The SMILES string of the molecule is C=C(C1CCOCC1)N1CC[C@H](O)C1. The van der Waals surface area contributed by atoms with E-state index in [0.717, 1.165) is 45.6 Å². The van der Waals surface area contributed by atoms with Gasteiger partial charge in [-0.25, -0.2) is 0 Å². The van der Waals surface area contributed by atoms with E-state index in [0.29, 0.717) is 5.92 Å². The highest BCUT2D eigenvalue weighted by Gasteiger charge is 2.26. The molecule has 0 aromatic carbocycles. The highest BCUT2D eigenvalue weighted by atomic mass is 16.5. The number of ether oxygens (including phenoxy) is 1. The molecule has 0 aromatic rings. The van der Waals surface area contributed by atoms with Gasteiger partial charge < -0.3 is 14.7 Å². The van der Waals surface area contributed by atoms with Gasteiger partial charge in [0.1, 0.15) is 0 Å². The van der Waals surface area contributed by atoms with Crippen LogP contribution in [-0.2, 0) is 4.74 Å². The van der Waals surface area contributed by atoms with Crippen molar-refractivity contribution in [2.24, 2.45) is 5.92 Å². The van der Waals surface area contributed by atoms with E-state index in [2.05, 4.69) is 11.5 Å². The molecule has 14 heavy (non-hydrogen) atoms. The van der Waals surface area contributed by atoms with Crippen molar-refractivity contribution in [2.45, 2.75) is 25.4 Å². The zero-order chi connectivity index (χ0) is 9.97. The number of nitrogens with zero attached hydrogens (tertiary/aromatic N) is 1. The summed E-state index contributed by atoms with van der Waals surface area (Å²) in [5.41, 5.74) is 1.21. The maximum absolute atomic E-state index is 9.44. The molecule has 0 aliphatic carbocycles. The molecule has 80 valence electrons. The van der Waals surface area contributed by atoms with Crippen LogP contribution < -0.4 is 0 Å². The van der Waals surface area contributed by atoms with Gasteiger partial charge in [0.15, 0.2) is 0 Å². The Morgan fingerprint density at radius 3 is 2.57 bits per heavy atom. The van der Waals surface area contributed by atoms with Gasteiger partial charge in [0.2, 0.25) is 0 Å². The molecule has 3 heteroatoms. The van der Waals surface area contributed by atoms with Crippen LogP contribution >= 0.6 is 0 Å². The minimum atomic E-state index is -0.147.